The van der Waals surface area contributed by atoms with Crippen molar-refractivity contribution in [1.82, 2.24) is 9.97 Å². The lowest BCUT2D eigenvalue weighted by Gasteiger charge is -2.28. The van der Waals surface area contributed by atoms with Crippen LogP contribution in [0.2, 0.25) is 0 Å². The van der Waals surface area contributed by atoms with Gasteiger partial charge in [-0.15, -0.1) is 0 Å². The van der Waals surface area contributed by atoms with Gasteiger partial charge in [0.25, 0.3) is 0 Å². The van der Waals surface area contributed by atoms with Crippen molar-refractivity contribution in [3.63, 3.8) is 0 Å². The lowest BCUT2D eigenvalue weighted by Crippen LogP contribution is -2.52. The van der Waals surface area contributed by atoms with Crippen LogP contribution in [0.5, 0.6) is 0 Å². The number of hydrogen-bond acceptors (Lipinski definition) is 8. The number of H-pyrrole nitrogens is 1. The summed E-state index contributed by atoms with van der Waals surface area (Å²) in [5, 5.41) is 33.7. The third-order valence-electron chi connectivity index (χ3n) is 8.14. The molecule has 2 rings (SSSR count). The number of Topliss-reactive ketones (excluding diaryl/α,β-unsaturated/α-hetero) is 1. The highest BCUT2D eigenvalue weighted by Crippen LogP contribution is 2.34. The van der Waals surface area contributed by atoms with Crippen molar-refractivity contribution in [3.8, 4) is 0 Å². The fraction of sp³-hybridized carbons (Fsp3) is 0.839. The SMILES string of the molecule is CCCCCCCCCCCCCCCCCCCCCC(=O)[C@]1(CO)O[C@@H](Nc2ccnc(=O)[nH]2)[C@@H](O)[C@@H]1O. The summed E-state index contributed by atoms with van der Waals surface area (Å²) < 4.78 is 5.67. The molecule has 1 aromatic rings. The van der Waals surface area contributed by atoms with Crippen LogP contribution in [-0.4, -0.2) is 61.7 Å². The minimum Gasteiger partial charge on any atom is -0.393 e. The second-order valence-electron chi connectivity index (χ2n) is 11.5. The zero-order valence-electron chi connectivity index (χ0n) is 24.7. The number of unbranched alkanes of at least 4 members (excludes halogenated alkanes) is 18. The number of aromatic amines is 1. The predicted octanol–water partition coefficient (Wildman–Crippen LogP) is 5.38. The number of hydrogen-bond donors (Lipinski definition) is 5. The van der Waals surface area contributed by atoms with Gasteiger partial charge in [0.15, 0.2) is 17.6 Å². The molecule has 1 saturated heterocycles. The van der Waals surface area contributed by atoms with E-state index in [1.54, 1.807) is 0 Å². The minimum atomic E-state index is -1.89. The summed E-state index contributed by atoms with van der Waals surface area (Å²) in [6, 6.07) is 1.46. The van der Waals surface area contributed by atoms with Crippen LogP contribution < -0.4 is 11.0 Å². The Bertz CT molecular complexity index is 865. The largest absolute Gasteiger partial charge is 0.393 e. The first-order valence-electron chi connectivity index (χ1n) is 15.9. The van der Waals surface area contributed by atoms with Crippen LogP contribution in [0.4, 0.5) is 5.82 Å². The number of nitrogens with one attached hydrogen (secondary N) is 2. The molecule has 1 aliphatic rings. The van der Waals surface area contributed by atoms with Gasteiger partial charge in [-0.3, -0.25) is 9.78 Å². The third kappa shape index (κ3) is 12.0. The zero-order valence-corrected chi connectivity index (χ0v) is 24.7. The molecule has 1 fully saturated rings. The normalized spacial score (nSPS) is 22.6. The van der Waals surface area contributed by atoms with Gasteiger partial charge < -0.3 is 25.4 Å². The van der Waals surface area contributed by atoms with E-state index < -0.39 is 42.1 Å². The lowest BCUT2D eigenvalue weighted by atomic mass is 9.88. The zero-order chi connectivity index (χ0) is 29.1. The van der Waals surface area contributed by atoms with Gasteiger partial charge in [-0.1, -0.05) is 122 Å². The van der Waals surface area contributed by atoms with Crippen molar-refractivity contribution < 1.29 is 24.9 Å². The van der Waals surface area contributed by atoms with Crippen molar-refractivity contribution in [2.24, 2.45) is 0 Å². The molecule has 1 aromatic heterocycles. The van der Waals surface area contributed by atoms with E-state index in [-0.39, 0.29) is 12.2 Å². The summed E-state index contributed by atoms with van der Waals surface area (Å²) >= 11 is 0. The minimum absolute atomic E-state index is 0.155. The molecular weight excluding hydrogens is 510 g/mol. The Balaban J connectivity index is 1.49. The topological polar surface area (TPSA) is 145 Å². The van der Waals surface area contributed by atoms with Gasteiger partial charge in [0.2, 0.25) is 0 Å². The highest BCUT2D eigenvalue weighted by molar-refractivity contribution is 5.89. The number of rotatable bonds is 24. The first-order chi connectivity index (χ1) is 19.4. The van der Waals surface area contributed by atoms with E-state index in [2.05, 4.69) is 22.2 Å². The molecule has 2 heterocycles. The van der Waals surface area contributed by atoms with E-state index in [0.29, 0.717) is 6.42 Å². The molecule has 0 amide bonds. The van der Waals surface area contributed by atoms with E-state index in [1.807, 2.05) is 0 Å². The van der Waals surface area contributed by atoms with Gasteiger partial charge >= 0.3 is 5.69 Å². The van der Waals surface area contributed by atoms with Crippen molar-refractivity contribution >= 4 is 11.6 Å². The Hall–Kier alpha value is -1.81. The average Bonchev–Trinajstić information content (AvgIpc) is 3.19. The molecule has 0 saturated carbocycles. The molecule has 40 heavy (non-hydrogen) atoms. The Kier molecular flexibility index (Phi) is 17.3. The maximum absolute atomic E-state index is 12.9. The highest BCUT2D eigenvalue weighted by atomic mass is 16.6. The highest BCUT2D eigenvalue weighted by Gasteiger charge is 2.58. The maximum Gasteiger partial charge on any atom is 0.346 e. The average molecular weight is 566 g/mol. The van der Waals surface area contributed by atoms with Gasteiger partial charge in [0.1, 0.15) is 18.0 Å². The van der Waals surface area contributed by atoms with Crippen LogP contribution in [0.3, 0.4) is 0 Å². The number of anilines is 1. The number of aliphatic hydroxyl groups excluding tert-OH is 3. The number of carbonyl (C=O) groups excluding carboxylic acids is 1. The standard InChI is InChI=1S/C31H55N3O6/c1-2-3-4-5-6-7-8-9-10-11-12-13-14-15-16-17-18-19-20-21-25(36)31(24-35)28(38)27(37)29(40-31)33-26-22-23-32-30(39)34-26/h22-23,27-29,35,37-38H,2-21,24H2,1H3,(H2,32,33,34,39)/t27-,28-,29+,31-/m0/s1. The Morgan fingerprint density at radius 1 is 0.875 bits per heavy atom. The van der Waals surface area contributed by atoms with Crippen LogP contribution in [0, 0.1) is 0 Å². The molecule has 1 aliphatic heterocycles. The quantitative estimate of drug-likeness (QED) is 0.105. The van der Waals surface area contributed by atoms with Crippen LogP contribution in [0.15, 0.2) is 17.1 Å². The van der Waals surface area contributed by atoms with E-state index in [4.69, 9.17) is 4.74 Å². The molecule has 0 aliphatic carbocycles. The fourth-order valence-electron chi connectivity index (χ4n) is 5.55. The predicted molar refractivity (Wildman–Crippen MR) is 158 cm³/mol. The van der Waals surface area contributed by atoms with Crippen LogP contribution in [-0.2, 0) is 9.53 Å². The van der Waals surface area contributed by atoms with Gasteiger partial charge in [-0.2, -0.15) is 0 Å². The molecule has 0 aromatic carbocycles. The smallest absolute Gasteiger partial charge is 0.346 e. The summed E-state index contributed by atoms with van der Waals surface area (Å²) in [6.07, 6.45) is 21.3. The molecule has 0 radical (unpaired) electrons. The van der Waals surface area contributed by atoms with Gasteiger partial charge in [0, 0.05) is 12.6 Å². The molecule has 9 heteroatoms. The van der Waals surface area contributed by atoms with E-state index >= 15 is 0 Å². The monoisotopic (exact) mass is 565 g/mol. The molecule has 5 N–H and O–H groups in total. The summed E-state index contributed by atoms with van der Waals surface area (Å²) in [6.45, 7) is 1.53. The van der Waals surface area contributed by atoms with Crippen molar-refractivity contribution in [1.29, 1.82) is 0 Å². The van der Waals surface area contributed by atoms with E-state index in [0.717, 1.165) is 19.3 Å². The lowest BCUT2D eigenvalue weighted by molar-refractivity contribution is -0.158. The molecular formula is C31H55N3O6. The van der Waals surface area contributed by atoms with Crippen LogP contribution in [0.25, 0.3) is 0 Å². The Labute approximate surface area is 240 Å². The second-order valence-corrected chi connectivity index (χ2v) is 11.5. The first-order valence-corrected chi connectivity index (χ1v) is 15.9. The maximum atomic E-state index is 12.9. The summed E-state index contributed by atoms with van der Waals surface area (Å²) in [7, 11) is 0. The van der Waals surface area contributed by atoms with Crippen LogP contribution in [0.1, 0.15) is 135 Å². The van der Waals surface area contributed by atoms with Crippen LogP contribution >= 0.6 is 0 Å². The molecule has 9 nitrogen and oxygen atoms in total. The summed E-state index contributed by atoms with van der Waals surface area (Å²) in [5.41, 5.74) is -2.48. The Morgan fingerprint density at radius 2 is 1.35 bits per heavy atom. The number of aliphatic hydroxyl groups is 3. The van der Waals surface area contributed by atoms with E-state index in [1.165, 1.54) is 109 Å². The summed E-state index contributed by atoms with van der Waals surface area (Å²) in [4.78, 5) is 30.3. The van der Waals surface area contributed by atoms with Gasteiger partial charge in [0.05, 0.1) is 6.61 Å². The molecule has 4 atom stereocenters. The van der Waals surface area contributed by atoms with Crippen molar-refractivity contribution in [3.05, 3.63) is 22.7 Å². The van der Waals surface area contributed by atoms with Gasteiger partial charge in [-0.25, -0.2) is 9.78 Å². The second kappa shape index (κ2) is 20.1. The fourth-order valence-corrected chi connectivity index (χ4v) is 5.55. The number of ether oxygens (including phenoxy) is 1. The molecule has 230 valence electrons. The van der Waals surface area contributed by atoms with Crippen molar-refractivity contribution in [2.75, 3.05) is 11.9 Å². The van der Waals surface area contributed by atoms with E-state index in [9.17, 15) is 24.9 Å². The third-order valence-corrected chi connectivity index (χ3v) is 8.14. The Morgan fingerprint density at radius 3 is 1.80 bits per heavy atom. The molecule has 0 spiro atoms. The molecule has 0 unspecified atom stereocenters. The number of ketones is 1. The number of nitrogens with zero attached hydrogens (tertiary/aromatic N) is 1. The number of aromatic nitrogens is 2. The first kappa shape index (κ1) is 34.4. The number of carbonyl (C=O) groups is 1. The summed E-state index contributed by atoms with van der Waals surface area (Å²) in [5.74, 6) is -0.211. The van der Waals surface area contributed by atoms with Crippen molar-refractivity contribution in [2.45, 2.75) is 159 Å². The molecule has 0 bridgehead atoms. The van der Waals surface area contributed by atoms with Gasteiger partial charge in [-0.05, 0) is 12.5 Å².